The molecule has 2 atom stereocenters. The molecule has 0 aromatic heterocycles. The van der Waals surface area contributed by atoms with E-state index in [0.29, 0.717) is 29.5 Å². The number of ether oxygens (including phenoxy) is 3. The maximum atomic E-state index is 12.8. The number of fused-ring (bicyclic) bond motifs is 2. The predicted octanol–water partition coefficient (Wildman–Crippen LogP) is 1.60. The van der Waals surface area contributed by atoms with Crippen LogP contribution in [0.2, 0.25) is 0 Å². The minimum Gasteiger partial charge on any atom is -0.454 e. The molecule has 1 aromatic rings. The average molecular weight is 332 g/mol. The minimum absolute atomic E-state index is 0.0481. The van der Waals surface area contributed by atoms with E-state index in [4.69, 9.17) is 14.2 Å². The summed E-state index contributed by atoms with van der Waals surface area (Å²) >= 11 is 0. The van der Waals surface area contributed by atoms with Gasteiger partial charge in [0.15, 0.2) is 11.5 Å². The van der Waals surface area contributed by atoms with Gasteiger partial charge in [0.2, 0.25) is 6.79 Å². The molecule has 0 aliphatic carbocycles. The molecular formula is C18H24N2O4. The van der Waals surface area contributed by atoms with Crippen molar-refractivity contribution in [3.05, 3.63) is 23.8 Å². The molecule has 0 saturated carbocycles. The summed E-state index contributed by atoms with van der Waals surface area (Å²) in [6.07, 6.45) is 1.14. The second-order valence-corrected chi connectivity index (χ2v) is 6.67. The number of hydrogen-bond acceptors (Lipinski definition) is 5. The van der Waals surface area contributed by atoms with Crippen molar-refractivity contribution >= 4 is 5.91 Å². The van der Waals surface area contributed by atoms with E-state index >= 15 is 0 Å². The summed E-state index contributed by atoms with van der Waals surface area (Å²) in [7, 11) is 0. The van der Waals surface area contributed by atoms with Crippen molar-refractivity contribution in [1.29, 1.82) is 0 Å². The molecule has 1 amide bonds. The molecule has 6 heteroatoms. The Labute approximate surface area is 142 Å². The number of nitrogens with zero attached hydrogens (tertiary/aromatic N) is 2. The first-order valence-electron chi connectivity index (χ1n) is 8.77. The van der Waals surface area contributed by atoms with Crippen LogP contribution in [0.4, 0.5) is 0 Å². The van der Waals surface area contributed by atoms with Crippen molar-refractivity contribution in [1.82, 2.24) is 9.80 Å². The van der Waals surface area contributed by atoms with Crippen LogP contribution in [0.5, 0.6) is 11.5 Å². The van der Waals surface area contributed by atoms with E-state index in [1.54, 1.807) is 6.07 Å². The Morgan fingerprint density at radius 1 is 1.21 bits per heavy atom. The quantitative estimate of drug-likeness (QED) is 0.823. The van der Waals surface area contributed by atoms with E-state index in [1.807, 2.05) is 17.0 Å². The van der Waals surface area contributed by atoms with Crippen molar-refractivity contribution in [3.63, 3.8) is 0 Å². The van der Waals surface area contributed by atoms with Crippen LogP contribution in [0.1, 0.15) is 23.7 Å². The van der Waals surface area contributed by atoms with E-state index in [2.05, 4.69) is 11.8 Å². The lowest BCUT2D eigenvalue weighted by Gasteiger charge is -2.38. The molecule has 0 N–H and O–H groups in total. The molecule has 0 spiro atoms. The van der Waals surface area contributed by atoms with Gasteiger partial charge < -0.3 is 24.0 Å². The molecule has 0 radical (unpaired) electrons. The number of carbonyl (C=O) groups is 1. The van der Waals surface area contributed by atoms with Crippen molar-refractivity contribution in [2.24, 2.45) is 5.92 Å². The molecule has 2 fully saturated rings. The Morgan fingerprint density at radius 2 is 2.08 bits per heavy atom. The summed E-state index contributed by atoms with van der Waals surface area (Å²) in [5.41, 5.74) is 0.654. The lowest BCUT2D eigenvalue weighted by Crippen LogP contribution is -2.49. The Balaban J connectivity index is 1.45. The molecule has 3 aliphatic heterocycles. The van der Waals surface area contributed by atoms with Crippen LogP contribution in [-0.2, 0) is 4.74 Å². The van der Waals surface area contributed by atoms with Gasteiger partial charge in [0, 0.05) is 37.7 Å². The van der Waals surface area contributed by atoms with E-state index in [9.17, 15) is 4.79 Å². The van der Waals surface area contributed by atoms with Crippen LogP contribution in [0.25, 0.3) is 0 Å². The minimum atomic E-state index is 0.0481. The van der Waals surface area contributed by atoms with Crippen LogP contribution < -0.4 is 9.47 Å². The zero-order valence-electron chi connectivity index (χ0n) is 14.1. The smallest absolute Gasteiger partial charge is 0.254 e. The normalized spacial score (nSPS) is 26.8. The van der Waals surface area contributed by atoms with Gasteiger partial charge in [-0.3, -0.25) is 4.79 Å². The Morgan fingerprint density at radius 3 is 2.96 bits per heavy atom. The number of likely N-dealkylation sites (tertiary alicyclic amines) is 1. The van der Waals surface area contributed by atoms with Gasteiger partial charge in [-0.1, -0.05) is 6.92 Å². The lowest BCUT2D eigenvalue weighted by atomic mass is 9.93. The van der Waals surface area contributed by atoms with Crippen LogP contribution in [-0.4, -0.2) is 67.9 Å². The zero-order chi connectivity index (χ0) is 16.5. The summed E-state index contributed by atoms with van der Waals surface area (Å²) in [6.45, 7) is 7.76. The summed E-state index contributed by atoms with van der Waals surface area (Å²) in [5, 5.41) is 0. The number of rotatable bonds is 2. The zero-order valence-corrected chi connectivity index (χ0v) is 14.1. The maximum Gasteiger partial charge on any atom is 0.254 e. The van der Waals surface area contributed by atoms with E-state index in [0.717, 1.165) is 39.2 Å². The fourth-order valence-corrected chi connectivity index (χ4v) is 3.80. The molecule has 3 aliphatic rings. The van der Waals surface area contributed by atoms with Gasteiger partial charge in [-0.2, -0.15) is 0 Å². The predicted molar refractivity (Wildman–Crippen MR) is 88.4 cm³/mol. The van der Waals surface area contributed by atoms with Gasteiger partial charge in [0.05, 0.1) is 12.7 Å². The fraction of sp³-hybridized carbons (Fsp3) is 0.611. The summed E-state index contributed by atoms with van der Waals surface area (Å²) in [6, 6.07) is 5.40. The number of piperidine rings is 1. The molecule has 1 aromatic carbocycles. The first-order chi connectivity index (χ1) is 11.7. The van der Waals surface area contributed by atoms with E-state index < -0.39 is 0 Å². The van der Waals surface area contributed by atoms with Crippen LogP contribution in [0.3, 0.4) is 0 Å². The molecular weight excluding hydrogens is 308 g/mol. The number of hydrogen-bond donors (Lipinski definition) is 0. The monoisotopic (exact) mass is 332 g/mol. The number of carbonyl (C=O) groups excluding carboxylic acids is 1. The molecule has 0 bridgehead atoms. The van der Waals surface area contributed by atoms with Crippen LogP contribution in [0.15, 0.2) is 18.2 Å². The van der Waals surface area contributed by atoms with Gasteiger partial charge in [-0.05, 0) is 31.2 Å². The van der Waals surface area contributed by atoms with E-state index in [1.165, 1.54) is 0 Å². The highest BCUT2D eigenvalue weighted by Gasteiger charge is 2.35. The Hall–Kier alpha value is -1.79. The highest BCUT2D eigenvalue weighted by molar-refractivity contribution is 5.95. The lowest BCUT2D eigenvalue weighted by molar-refractivity contribution is -0.0171. The average Bonchev–Trinajstić information content (AvgIpc) is 2.98. The number of likely N-dealkylation sites (N-methyl/N-ethyl adjacent to an activating group) is 1. The maximum absolute atomic E-state index is 12.8. The van der Waals surface area contributed by atoms with Crippen LogP contribution in [0, 0.1) is 5.92 Å². The first-order valence-corrected chi connectivity index (χ1v) is 8.77. The van der Waals surface area contributed by atoms with E-state index in [-0.39, 0.29) is 18.8 Å². The molecule has 3 heterocycles. The van der Waals surface area contributed by atoms with Crippen molar-refractivity contribution in [3.8, 4) is 11.5 Å². The third kappa shape index (κ3) is 2.96. The topological polar surface area (TPSA) is 51.2 Å². The molecule has 4 rings (SSSR count). The third-order valence-corrected chi connectivity index (χ3v) is 5.28. The van der Waals surface area contributed by atoms with Gasteiger partial charge in [-0.25, -0.2) is 0 Å². The largest absolute Gasteiger partial charge is 0.454 e. The van der Waals surface area contributed by atoms with Crippen molar-refractivity contribution in [2.75, 3.05) is 46.1 Å². The summed E-state index contributed by atoms with van der Waals surface area (Å²) in [5.74, 6) is 1.93. The number of benzene rings is 1. The molecule has 24 heavy (non-hydrogen) atoms. The van der Waals surface area contributed by atoms with Crippen LogP contribution >= 0.6 is 0 Å². The standard InChI is InChI=1S/C18H24N2O4/c1-2-19-7-8-22-17-11-20(6-5-14(17)10-19)18(21)13-3-4-15-16(9-13)24-12-23-15/h3-4,9,14,17H,2,5-8,10-12H2,1H3/t14-,17-/m0/s1. The summed E-state index contributed by atoms with van der Waals surface area (Å²) < 4.78 is 16.7. The second kappa shape index (κ2) is 6.61. The SMILES string of the molecule is CCN1CCO[C@H]2CN(C(=O)c3ccc4c(c3)OCO4)CC[C@H]2C1. The molecule has 6 nitrogen and oxygen atoms in total. The Kier molecular flexibility index (Phi) is 4.33. The van der Waals surface area contributed by atoms with Crippen molar-refractivity contribution < 1.29 is 19.0 Å². The first kappa shape index (κ1) is 15.7. The number of amides is 1. The fourth-order valence-electron chi connectivity index (χ4n) is 3.80. The highest BCUT2D eigenvalue weighted by atomic mass is 16.7. The third-order valence-electron chi connectivity index (χ3n) is 5.28. The molecule has 2 saturated heterocycles. The van der Waals surface area contributed by atoms with Gasteiger partial charge in [0.25, 0.3) is 5.91 Å². The van der Waals surface area contributed by atoms with Crippen molar-refractivity contribution in [2.45, 2.75) is 19.4 Å². The van der Waals surface area contributed by atoms with Gasteiger partial charge in [0.1, 0.15) is 0 Å². The highest BCUT2D eigenvalue weighted by Crippen LogP contribution is 2.33. The molecule has 130 valence electrons. The molecule has 0 unspecified atom stereocenters. The van der Waals surface area contributed by atoms with Gasteiger partial charge in [-0.15, -0.1) is 0 Å². The van der Waals surface area contributed by atoms with Gasteiger partial charge >= 0.3 is 0 Å². The summed E-state index contributed by atoms with van der Waals surface area (Å²) in [4.78, 5) is 17.2. The Bertz CT molecular complexity index is 621. The second-order valence-electron chi connectivity index (χ2n) is 6.67.